The van der Waals surface area contributed by atoms with Gasteiger partial charge in [0.2, 0.25) is 0 Å². The molecule has 30 heavy (non-hydrogen) atoms. The predicted octanol–water partition coefficient (Wildman–Crippen LogP) is 3.24. The van der Waals surface area contributed by atoms with E-state index in [-0.39, 0.29) is 37.6 Å². The maximum absolute atomic E-state index is 13.2. The second-order valence-electron chi connectivity index (χ2n) is 7.74. The van der Waals surface area contributed by atoms with Gasteiger partial charge in [0.15, 0.2) is 5.54 Å². The highest BCUT2D eigenvalue weighted by molar-refractivity contribution is 5.93. The fourth-order valence-electron chi connectivity index (χ4n) is 5.06. The van der Waals surface area contributed by atoms with Gasteiger partial charge in [-0.05, 0) is 44.1 Å². The van der Waals surface area contributed by atoms with Gasteiger partial charge in [0.05, 0.1) is 19.1 Å². The molecular formula is C23H29NO6. The minimum atomic E-state index is -1.53. The molecule has 7 heteroatoms. The largest absolute Gasteiger partial charge is 0.466 e. The summed E-state index contributed by atoms with van der Waals surface area (Å²) >= 11 is 0. The van der Waals surface area contributed by atoms with E-state index >= 15 is 0 Å². The monoisotopic (exact) mass is 415 g/mol. The molecule has 3 rings (SSSR count). The Morgan fingerprint density at radius 2 is 1.80 bits per heavy atom. The molecule has 0 spiro atoms. The predicted molar refractivity (Wildman–Crippen MR) is 109 cm³/mol. The first-order valence-corrected chi connectivity index (χ1v) is 10.4. The number of carbonyl (C=O) groups excluding carboxylic acids is 3. The molecule has 162 valence electrons. The zero-order valence-corrected chi connectivity index (χ0v) is 17.5. The van der Waals surface area contributed by atoms with Crippen LogP contribution in [0.3, 0.4) is 0 Å². The third-order valence-electron chi connectivity index (χ3n) is 6.17. The summed E-state index contributed by atoms with van der Waals surface area (Å²) in [6.07, 6.45) is 2.35. The maximum Gasteiger partial charge on any atom is 0.408 e. The van der Waals surface area contributed by atoms with Crippen molar-refractivity contribution in [3.05, 3.63) is 48.6 Å². The molecule has 0 radical (unpaired) electrons. The van der Waals surface area contributed by atoms with E-state index in [1.54, 1.807) is 19.9 Å². The number of ether oxygens (including phenoxy) is 3. The van der Waals surface area contributed by atoms with Crippen LogP contribution in [-0.2, 0) is 30.4 Å². The van der Waals surface area contributed by atoms with Crippen molar-refractivity contribution in [2.75, 3.05) is 13.2 Å². The lowest BCUT2D eigenvalue weighted by Gasteiger charge is -2.42. The molecule has 2 saturated carbocycles. The van der Waals surface area contributed by atoms with Gasteiger partial charge in [-0.25, -0.2) is 9.59 Å². The standard InChI is InChI=1S/C23H29NO6/c1-4-16-12-17-13-18(16)23(21(26)29-6-3,19(17)20(25)28-5-2)24-22(27)30-14-15-10-8-7-9-11-15/h4,7-11,16-19H,1,5-6,12-14H2,2-3H3,(H,24,27)/t16-,17-,18-,19+,23+/m1/s1. The highest BCUT2D eigenvalue weighted by Crippen LogP contribution is 2.58. The van der Waals surface area contributed by atoms with Crippen LogP contribution >= 0.6 is 0 Å². The molecule has 1 amide bonds. The van der Waals surface area contributed by atoms with Crippen LogP contribution in [0.4, 0.5) is 4.79 Å². The summed E-state index contributed by atoms with van der Waals surface area (Å²) < 4.78 is 16.0. The Balaban J connectivity index is 1.89. The average molecular weight is 415 g/mol. The molecule has 0 unspecified atom stereocenters. The fourth-order valence-corrected chi connectivity index (χ4v) is 5.06. The Morgan fingerprint density at radius 3 is 2.43 bits per heavy atom. The topological polar surface area (TPSA) is 90.9 Å². The molecule has 0 saturated heterocycles. The summed E-state index contributed by atoms with van der Waals surface area (Å²) in [5.41, 5.74) is -0.714. The summed E-state index contributed by atoms with van der Waals surface area (Å²) in [7, 11) is 0. The third-order valence-corrected chi connectivity index (χ3v) is 6.17. The normalized spacial score (nSPS) is 29.1. The van der Waals surface area contributed by atoms with Gasteiger partial charge in [-0.1, -0.05) is 36.4 Å². The number of hydrogen-bond acceptors (Lipinski definition) is 6. The number of amides is 1. The molecule has 2 bridgehead atoms. The van der Waals surface area contributed by atoms with Crippen LogP contribution in [0.5, 0.6) is 0 Å². The summed E-state index contributed by atoms with van der Waals surface area (Å²) in [5, 5.41) is 2.75. The third kappa shape index (κ3) is 3.93. The van der Waals surface area contributed by atoms with Crippen LogP contribution in [-0.4, -0.2) is 36.8 Å². The van der Waals surface area contributed by atoms with Crippen molar-refractivity contribution in [1.82, 2.24) is 5.32 Å². The second kappa shape index (κ2) is 9.32. The summed E-state index contributed by atoms with van der Waals surface area (Å²) in [4.78, 5) is 38.8. The quantitative estimate of drug-likeness (QED) is 0.398. The van der Waals surface area contributed by atoms with Crippen LogP contribution in [0.2, 0.25) is 0 Å². The number of benzene rings is 1. The minimum Gasteiger partial charge on any atom is -0.466 e. The van der Waals surface area contributed by atoms with Crippen molar-refractivity contribution in [2.24, 2.45) is 23.7 Å². The molecular weight excluding hydrogens is 386 g/mol. The molecule has 2 fully saturated rings. The molecule has 2 aliphatic rings. The Labute approximate surface area is 176 Å². The molecule has 2 aliphatic carbocycles. The first-order valence-electron chi connectivity index (χ1n) is 10.4. The van der Waals surface area contributed by atoms with E-state index in [1.165, 1.54) is 0 Å². The molecule has 1 N–H and O–H groups in total. The first kappa shape index (κ1) is 21.9. The van der Waals surface area contributed by atoms with Crippen LogP contribution in [0.25, 0.3) is 0 Å². The number of allylic oxidation sites excluding steroid dienone is 1. The van der Waals surface area contributed by atoms with Crippen molar-refractivity contribution < 1.29 is 28.6 Å². The number of rotatable bonds is 8. The summed E-state index contributed by atoms with van der Waals surface area (Å²) in [6, 6.07) is 9.23. The van der Waals surface area contributed by atoms with E-state index in [2.05, 4.69) is 11.9 Å². The zero-order chi connectivity index (χ0) is 21.7. The van der Waals surface area contributed by atoms with Gasteiger partial charge in [-0.15, -0.1) is 6.58 Å². The number of hydrogen-bond donors (Lipinski definition) is 1. The van der Waals surface area contributed by atoms with Gasteiger partial charge in [0, 0.05) is 5.92 Å². The Kier molecular flexibility index (Phi) is 6.80. The summed E-state index contributed by atoms with van der Waals surface area (Å²) in [6.45, 7) is 7.66. The van der Waals surface area contributed by atoms with E-state index in [1.807, 2.05) is 30.3 Å². The van der Waals surface area contributed by atoms with Gasteiger partial charge in [-0.2, -0.15) is 0 Å². The van der Waals surface area contributed by atoms with Crippen LogP contribution in [0.15, 0.2) is 43.0 Å². The molecule has 0 aromatic heterocycles. The zero-order valence-electron chi connectivity index (χ0n) is 17.5. The highest BCUT2D eigenvalue weighted by atomic mass is 16.6. The van der Waals surface area contributed by atoms with E-state index in [0.29, 0.717) is 6.42 Å². The highest BCUT2D eigenvalue weighted by Gasteiger charge is 2.69. The van der Waals surface area contributed by atoms with E-state index in [0.717, 1.165) is 12.0 Å². The smallest absolute Gasteiger partial charge is 0.408 e. The van der Waals surface area contributed by atoms with Crippen molar-refractivity contribution in [3.8, 4) is 0 Å². The van der Waals surface area contributed by atoms with Gasteiger partial charge in [0.25, 0.3) is 0 Å². The van der Waals surface area contributed by atoms with Gasteiger partial charge >= 0.3 is 18.0 Å². The summed E-state index contributed by atoms with van der Waals surface area (Å²) in [5.74, 6) is -2.36. The molecule has 1 aromatic rings. The minimum absolute atomic E-state index is 0.0143. The Bertz CT molecular complexity index is 794. The molecule has 0 aliphatic heterocycles. The molecule has 1 aromatic carbocycles. The molecule has 5 atom stereocenters. The number of fused-ring (bicyclic) bond motifs is 2. The van der Waals surface area contributed by atoms with Crippen molar-refractivity contribution in [3.63, 3.8) is 0 Å². The van der Waals surface area contributed by atoms with E-state index in [4.69, 9.17) is 14.2 Å². The lowest BCUT2D eigenvalue weighted by Crippen LogP contribution is -2.66. The van der Waals surface area contributed by atoms with Crippen molar-refractivity contribution >= 4 is 18.0 Å². The fraction of sp³-hybridized carbons (Fsp3) is 0.522. The SMILES string of the molecule is C=C[C@@H]1C[C@@H]2C[C@H]1[C@@](NC(=O)OCc1ccccc1)(C(=O)OCC)[C@@H]2C(=O)OCC. The Morgan fingerprint density at radius 1 is 1.10 bits per heavy atom. The number of carbonyl (C=O) groups is 3. The lowest BCUT2D eigenvalue weighted by atomic mass is 9.68. The van der Waals surface area contributed by atoms with Gasteiger partial charge < -0.3 is 19.5 Å². The second-order valence-corrected chi connectivity index (χ2v) is 7.74. The van der Waals surface area contributed by atoms with E-state index in [9.17, 15) is 14.4 Å². The number of nitrogens with one attached hydrogen (secondary N) is 1. The molecule has 0 heterocycles. The van der Waals surface area contributed by atoms with Crippen LogP contribution < -0.4 is 5.32 Å². The first-order chi connectivity index (χ1) is 14.5. The van der Waals surface area contributed by atoms with Crippen LogP contribution in [0, 0.1) is 23.7 Å². The molecule has 7 nitrogen and oxygen atoms in total. The lowest BCUT2D eigenvalue weighted by molar-refractivity contribution is -0.168. The van der Waals surface area contributed by atoms with Crippen molar-refractivity contribution in [1.29, 1.82) is 0 Å². The van der Waals surface area contributed by atoms with Gasteiger partial charge in [0.1, 0.15) is 6.61 Å². The number of alkyl carbamates (subject to hydrolysis) is 1. The van der Waals surface area contributed by atoms with Crippen molar-refractivity contribution in [2.45, 2.75) is 38.8 Å². The van der Waals surface area contributed by atoms with E-state index < -0.39 is 29.5 Å². The Hall–Kier alpha value is -2.83. The maximum atomic E-state index is 13.2. The number of esters is 2. The van der Waals surface area contributed by atoms with Gasteiger partial charge in [-0.3, -0.25) is 4.79 Å². The van der Waals surface area contributed by atoms with Crippen LogP contribution in [0.1, 0.15) is 32.3 Å². The average Bonchev–Trinajstić information content (AvgIpc) is 3.30.